The molecule has 0 fully saturated rings. The van der Waals surface area contributed by atoms with Crippen LogP contribution < -0.4 is 5.32 Å². The van der Waals surface area contributed by atoms with Crippen molar-refractivity contribution < 1.29 is 48.7 Å². The van der Waals surface area contributed by atoms with E-state index in [1.165, 1.54) is 0 Å². The first-order valence-electron chi connectivity index (χ1n) is 8.63. The molecular formula is C20H9ClF9NO2. The summed E-state index contributed by atoms with van der Waals surface area (Å²) in [4.78, 5) is 12.3. The quantitative estimate of drug-likeness (QED) is 0.371. The van der Waals surface area contributed by atoms with Crippen LogP contribution in [-0.2, 0) is 18.5 Å². The number of hydrogen-bond acceptors (Lipinski definition) is 2. The van der Waals surface area contributed by atoms with Gasteiger partial charge in [-0.3, -0.25) is 4.79 Å². The second-order valence-corrected chi connectivity index (χ2v) is 7.01. The summed E-state index contributed by atoms with van der Waals surface area (Å²) in [6.45, 7) is 0. The number of carbonyl (C=O) groups is 1. The number of halogens is 10. The normalized spacial score (nSPS) is 12.7. The van der Waals surface area contributed by atoms with Crippen molar-refractivity contribution in [3.05, 3.63) is 76.0 Å². The number of amides is 1. The number of alkyl halides is 9. The van der Waals surface area contributed by atoms with Gasteiger partial charge in [0.05, 0.1) is 21.7 Å². The lowest BCUT2D eigenvalue weighted by molar-refractivity contribution is -0.143. The lowest BCUT2D eigenvalue weighted by Gasteiger charge is -2.14. The molecule has 0 aliphatic rings. The molecule has 0 aliphatic carbocycles. The van der Waals surface area contributed by atoms with Gasteiger partial charge in [-0.2, -0.15) is 39.5 Å². The SMILES string of the molecule is O=C(Nc1cc(C(F)(F)F)cc(C(F)(F)F)c1)c1ccc(-c2cc(C(F)(F)F)ccc2Cl)o1. The van der Waals surface area contributed by atoms with Gasteiger partial charge in [-0.1, -0.05) is 11.6 Å². The van der Waals surface area contributed by atoms with E-state index in [2.05, 4.69) is 0 Å². The van der Waals surface area contributed by atoms with Gasteiger partial charge in [0.1, 0.15) is 5.76 Å². The van der Waals surface area contributed by atoms with Gasteiger partial charge in [0.2, 0.25) is 0 Å². The fraction of sp³-hybridized carbons (Fsp3) is 0.150. The van der Waals surface area contributed by atoms with Gasteiger partial charge in [-0.05, 0) is 48.5 Å². The number of rotatable bonds is 3. The van der Waals surface area contributed by atoms with E-state index in [1.54, 1.807) is 0 Å². The maximum absolute atomic E-state index is 13.0. The average Bonchev–Trinajstić information content (AvgIpc) is 3.16. The lowest BCUT2D eigenvalue weighted by atomic mass is 10.1. The van der Waals surface area contributed by atoms with Crippen LogP contribution in [-0.4, -0.2) is 5.91 Å². The first-order chi connectivity index (χ1) is 15.1. The maximum Gasteiger partial charge on any atom is 0.416 e. The Morgan fingerprint density at radius 1 is 0.727 bits per heavy atom. The summed E-state index contributed by atoms with van der Waals surface area (Å²) in [7, 11) is 0. The molecule has 3 aromatic rings. The molecule has 0 unspecified atom stereocenters. The topological polar surface area (TPSA) is 42.2 Å². The summed E-state index contributed by atoms with van der Waals surface area (Å²) in [5, 5.41) is 1.70. The highest BCUT2D eigenvalue weighted by atomic mass is 35.5. The number of carbonyl (C=O) groups excluding carboxylic acids is 1. The summed E-state index contributed by atoms with van der Waals surface area (Å²) in [5.41, 5.74) is -5.42. The Labute approximate surface area is 183 Å². The van der Waals surface area contributed by atoms with E-state index in [9.17, 15) is 44.3 Å². The Bertz CT molecular complexity index is 1160. The summed E-state index contributed by atoms with van der Waals surface area (Å²) in [6.07, 6.45) is -15.0. The van der Waals surface area contributed by atoms with Crippen molar-refractivity contribution in [2.24, 2.45) is 0 Å². The summed E-state index contributed by atoms with van der Waals surface area (Å²) < 4.78 is 122. The highest BCUT2D eigenvalue weighted by Gasteiger charge is 2.37. The molecule has 0 saturated carbocycles. The Morgan fingerprint density at radius 2 is 1.27 bits per heavy atom. The van der Waals surface area contributed by atoms with E-state index in [0.717, 1.165) is 18.2 Å². The van der Waals surface area contributed by atoms with Crippen LogP contribution in [0.4, 0.5) is 45.2 Å². The zero-order valence-electron chi connectivity index (χ0n) is 15.7. The number of nitrogens with one attached hydrogen (secondary N) is 1. The van der Waals surface area contributed by atoms with Crippen molar-refractivity contribution in [2.45, 2.75) is 18.5 Å². The van der Waals surface area contributed by atoms with Gasteiger partial charge in [0.15, 0.2) is 5.76 Å². The Hall–Kier alpha value is -3.15. The Kier molecular flexibility index (Phi) is 6.18. The minimum atomic E-state index is -5.13. The van der Waals surface area contributed by atoms with Crippen molar-refractivity contribution in [3.63, 3.8) is 0 Å². The van der Waals surface area contributed by atoms with E-state index in [4.69, 9.17) is 16.0 Å². The molecule has 0 bridgehead atoms. The smallest absolute Gasteiger partial charge is 0.416 e. The predicted molar refractivity (Wildman–Crippen MR) is 98.6 cm³/mol. The molecule has 1 heterocycles. The maximum atomic E-state index is 13.0. The molecule has 13 heteroatoms. The van der Waals surface area contributed by atoms with Gasteiger partial charge >= 0.3 is 18.5 Å². The molecule has 0 spiro atoms. The lowest BCUT2D eigenvalue weighted by Crippen LogP contribution is -2.15. The molecular weight excluding hydrogens is 493 g/mol. The van der Waals surface area contributed by atoms with Gasteiger partial charge in [0.25, 0.3) is 5.91 Å². The van der Waals surface area contributed by atoms with Crippen molar-refractivity contribution in [3.8, 4) is 11.3 Å². The van der Waals surface area contributed by atoms with Crippen molar-refractivity contribution in [1.29, 1.82) is 0 Å². The number of benzene rings is 2. The minimum absolute atomic E-state index is 0.115. The monoisotopic (exact) mass is 501 g/mol. The summed E-state index contributed by atoms with van der Waals surface area (Å²) in [6, 6.07) is 4.84. The fourth-order valence-electron chi connectivity index (χ4n) is 2.71. The molecule has 33 heavy (non-hydrogen) atoms. The van der Waals surface area contributed by atoms with Crippen LogP contribution in [0.3, 0.4) is 0 Å². The van der Waals surface area contributed by atoms with Crippen LogP contribution in [0.1, 0.15) is 27.2 Å². The van der Waals surface area contributed by atoms with E-state index < -0.39 is 52.6 Å². The fourth-order valence-corrected chi connectivity index (χ4v) is 2.93. The van der Waals surface area contributed by atoms with Crippen LogP contribution in [0.15, 0.2) is 52.9 Å². The third-order valence-corrected chi connectivity index (χ3v) is 4.56. The molecule has 1 N–H and O–H groups in total. The molecule has 0 saturated heterocycles. The molecule has 0 aliphatic heterocycles. The van der Waals surface area contributed by atoms with Gasteiger partial charge < -0.3 is 9.73 Å². The van der Waals surface area contributed by atoms with Gasteiger partial charge in [0, 0.05) is 11.3 Å². The zero-order valence-corrected chi connectivity index (χ0v) is 16.5. The molecule has 1 aromatic heterocycles. The second-order valence-electron chi connectivity index (χ2n) is 6.60. The van der Waals surface area contributed by atoms with Crippen molar-refractivity contribution >= 4 is 23.2 Å². The van der Waals surface area contributed by atoms with Crippen LogP contribution in [0.5, 0.6) is 0 Å². The average molecular weight is 502 g/mol. The summed E-state index contributed by atoms with van der Waals surface area (Å²) in [5.74, 6) is -2.11. The number of furan rings is 1. The minimum Gasteiger partial charge on any atom is -0.451 e. The van der Waals surface area contributed by atoms with Crippen molar-refractivity contribution in [2.75, 3.05) is 5.32 Å². The molecule has 0 radical (unpaired) electrons. The van der Waals surface area contributed by atoms with Crippen LogP contribution in [0.25, 0.3) is 11.3 Å². The van der Waals surface area contributed by atoms with E-state index in [0.29, 0.717) is 24.3 Å². The van der Waals surface area contributed by atoms with E-state index in [1.807, 2.05) is 5.32 Å². The predicted octanol–water partition coefficient (Wildman–Crippen LogP) is 7.91. The largest absolute Gasteiger partial charge is 0.451 e. The number of hydrogen-bond donors (Lipinski definition) is 1. The third-order valence-electron chi connectivity index (χ3n) is 4.23. The van der Waals surface area contributed by atoms with E-state index in [-0.39, 0.29) is 22.4 Å². The van der Waals surface area contributed by atoms with E-state index >= 15 is 0 Å². The third kappa shape index (κ3) is 5.62. The molecule has 0 atom stereocenters. The van der Waals surface area contributed by atoms with Crippen molar-refractivity contribution in [1.82, 2.24) is 0 Å². The zero-order chi connectivity index (χ0) is 24.8. The molecule has 3 rings (SSSR count). The van der Waals surface area contributed by atoms with Gasteiger partial charge in [-0.25, -0.2) is 0 Å². The highest BCUT2D eigenvalue weighted by Crippen LogP contribution is 2.39. The Morgan fingerprint density at radius 3 is 1.79 bits per heavy atom. The first-order valence-corrected chi connectivity index (χ1v) is 9.01. The molecule has 1 amide bonds. The van der Waals surface area contributed by atoms with Crippen LogP contribution in [0.2, 0.25) is 5.02 Å². The number of anilines is 1. The first kappa shape index (κ1) is 24.5. The molecule has 3 nitrogen and oxygen atoms in total. The van der Waals surface area contributed by atoms with Crippen LogP contribution in [0, 0.1) is 0 Å². The van der Waals surface area contributed by atoms with Crippen LogP contribution >= 0.6 is 11.6 Å². The standard InChI is InChI=1S/C20H9ClF9NO2/c21-14-2-1-9(18(22,23)24)8-13(14)15-3-4-16(33-15)17(32)31-12-6-10(19(25,26)27)5-11(7-12)20(28,29)30/h1-8H,(H,31,32). The highest BCUT2D eigenvalue weighted by molar-refractivity contribution is 6.33. The Balaban J connectivity index is 1.92. The second kappa shape index (κ2) is 8.32. The molecule has 176 valence electrons. The molecule has 2 aromatic carbocycles. The summed E-state index contributed by atoms with van der Waals surface area (Å²) >= 11 is 5.88. The van der Waals surface area contributed by atoms with Gasteiger partial charge in [-0.15, -0.1) is 0 Å².